The largest absolute Gasteiger partial charge is 0.223 e. The molecule has 1 aliphatic rings. The number of rotatable bonds is 0. The van der Waals surface area contributed by atoms with E-state index in [2.05, 4.69) is 16.0 Å². The zero-order valence-electron chi connectivity index (χ0n) is 3.43. The minimum atomic E-state index is 0.263. The summed E-state index contributed by atoms with van der Waals surface area (Å²) >= 11 is 5.30. The molecule has 0 N–H and O–H groups in total. The van der Waals surface area contributed by atoms with Gasteiger partial charge < -0.3 is 0 Å². The summed E-state index contributed by atoms with van der Waals surface area (Å²) < 4.78 is 0. The third kappa shape index (κ3) is 1.07. The third-order valence-corrected chi connectivity index (χ3v) is 0.686. The van der Waals surface area contributed by atoms with Gasteiger partial charge in [0.1, 0.15) is 0 Å². The quantitative estimate of drug-likeness (QED) is 0.329. The van der Waals surface area contributed by atoms with Crippen molar-refractivity contribution in [2.24, 2.45) is 4.99 Å². The van der Waals surface area contributed by atoms with E-state index in [9.17, 15) is 0 Å². The lowest BCUT2D eigenvalue weighted by Gasteiger charge is -1.88. The van der Waals surface area contributed by atoms with Crippen LogP contribution in [0.25, 0.3) is 0 Å². The molecule has 0 bridgehead atoms. The number of hydrogen-bond donors (Lipinski definition) is 0. The zero-order valence-corrected chi connectivity index (χ0v) is 4.18. The maximum Gasteiger partial charge on any atom is 0.223 e. The first-order valence-electron chi connectivity index (χ1n) is 1.73. The molecule has 0 fully saturated rings. The van der Waals surface area contributed by atoms with E-state index in [-0.39, 0.29) is 5.29 Å². The highest BCUT2D eigenvalue weighted by Crippen LogP contribution is 1.87. The minimum absolute atomic E-state index is 0.263. The van der Waals surface area contributed by atoms with Crippen LogP contribution >= 0.6 is 11.6 Å². The Morgan fingerprint density at radius 1 is 1.57 bits per heavy atom. The molecule has 0 atom stereocenters. The first-order valence-corrected chi connectivity index (χ1v) is 2.11. The number of aliphatic imine (C=N–C) groups is 1. The Hall–Kier alpha value is -0.720. The maximum atomic E-state index is 5.30. The van der Waals surface area contributed by atoms with E-state index in [4.69, 9.17) is 11.6 Å². The molecule has 0 aliphatic carbocycles. The van der Waals surface area contributed by atoms with Crippen LogP contribution in [0.4, 0.5) is 0 Å². The summed E-state index contributed by atoms with van der Waals surface area (Å²) in [5.74, 6) is 0. The molecule has 0 aromatic carbocycles. The number of nitrogens with zero attached hydrogens (tertiary/aromatic N) is 2. The number of hydrogen-bond acceptors (Lipinski definition) is 1. The van der Waals surface area contributed by atoms with Gasteiger partial charge in [0.2, 0.25) is 5.29 Å². The van der Waals surface area contributed by atoms with Crippen LogP contribution < -0.4 is 5.32 Å². The lowest BCUT2D eigenvalue weighted by atomic mass is 10.7. The topological polar surface area (TPSA) is 26.5 Å². The van der Waals surface area contributed by atoms with Crippen molar-refractivity contribution in [1.29, 1.82) is 0 Å². The molecule has 0 aromatic heterocycles. The number of amidine groups is 1. The van der Waals surface area contributed by atoms with E-state index < -0.39 is 0 Å². The van der Waals surface area contributed by atoms with Gasteiger partial charge in [-0.05, 0) is 11.6 Å². The Kier molecular flexibility index (Phi) is 1.16. The molecule has 7 heavy (non-hydrogen) atoms. The van der Waals surface area contributed by atoms with Crippen molar-refractivity contribution in [2.45, 2.75) is 0 Å². The van der Waals surface area contributed by atoms with E-state index in [0.29, 0.717) is 0 Å². The molecule has 1 radical (unpaired) electrons. The van der Waals surface area contributed by atoms with Gasteiger partial charge in [0.05, 0.1) is 12.4 Å². The van der Waals surface area contributed by atoms with Gasteiger partial charge in [-0.3, -0.25) is 0 Å². The highest BCUT2D eigenvalue weighted by atomic mass is 35.5. The fourth-order valence-electron chi connectivity index (χ4n) is 0.248. The first kappa shape index (κ1) is 4.44. The fourth-order valence-corrected chi connectivity index (χ4v) is 0.345. The van der Waals surface area contributed by atoms with Gasteiger partial charge in [0.25, 0.3) is 0 Å². The molecule has 0 saturated heterocycles. The predicted molar refractivity (Wildman–Crippen MR) is 28.1 cm³/mol. The predicted octanol–water partition coefficient (Wildman–Crippen LogP) is 0.826. The molecular formula is C4H2ClN2. The van der Waals surface area contributed by atoms with E-state index in [1.165, 1.54) is 12.4 Å². The summed E-state index contributed by atoms with van der Waals surface area (Å²) in [5.41, 5.74) is 2.63. The van der Waals surface area contributed by atoms with Gasteiger partial charge in [0, 0.05) is 0 Å². The van der Waals surface area contributed by atoms with Crippen LogP contribution in [0.15, 0.2) is 23.1 Å². The smallest absolute Gasteiger partial charge is 0.218 e. The molecule has 1 heterocycles. The molecule has 1 aliphatic heterocycles. The second kappa shape index (κ2) is 1.82. The van der Waals surface area contributed by atoms with Crippen LogP contribution in [0.3, 0.4) is 0 Å². The second-order valence-electron chi connectivity index (χ2n) is 0.952. The highest BCUT2D eigenvalue weighted by Gasteiger charge is 1.88. The van der Waals surface area contributed by atoms with Gasteiger partial charge in [-0.2, -0.15) is 0 Å². The van der Waals surface area contributed by atoms with Crippen LogP contribution in [0.5, 0.6) is 0 Å². The number of halogens is 1. The maximum absolute atomic E-state index is 5.30. The monoisotopic (exact) mass is 113 g/mol. The average Bonchev–Trinajstić information content (AvgIpc) is 1.69. The molecule has 0 aromatic rings. The molecule has 1 rings (SSSR count). The molecule has 0 spiro atoms. The molecule has 35 valence electrons. The van der Waals surface area contributed by atoms with Gasteiger partial charge in [-0.25, -0.2) is 10.3 Å². The van der Waals surface area contributed by atoms with Crippen molar-refractivity contribution in [3.63, 3.8) is 0 Å². The second-order valence-corrected chi connectivity index (χ2v) is 1.29. The Morgan fingerprint density at radius 2 is 2.43 bits per heavy atom. The Bertz CT molecular complexity index is 153. The van der Waals surface area contributed by atoms with E-state index in [1.54, 1.807) is 0 Å². The van der Waals surface area contributed by atoms with Crippen molar-refractivity contribution in [2.75, 3.05) is 0 Å². The summed E-state index contributed by atoms with van der Waals surface area (Å²) in [6.07, 6.45) is 2.94. The molecule has 0 saturated carbocycles. The Balaban J connectivity index is 2.77. The Morgan fingerprint density at radius 3 is 2.71 bits per heavy atom. The minimum Gasteiger partial charge on any atom is -0.218 e. The van der Waals surface area contributed by atoms with Gasteiger partial charge in [0.15, 0.2) is 0 Å². The van der Waals surface area contributed by atoms with Crippen LogP contribution in [-0.2, 0) is 0 Å². The molecule has 0 unspecified atom stereocenters. The zero-order chi connectivity index (χ0) is 5.11. The van der Waals surface area contributed by atoms with Gasteiger partial charge in [-0.1, -0.05) is 5.73 Å². The van der Waals surface area contributed by atoms with E-state index in [0.717, 1.165) is 0 Å². The lowest BCUT2D eigenvalue weighted by Crippen LogP contribution is -2.01. The molecule has 0 amide bonds. The molecular weight excluding hydrogens is 112 g/mol. The normalized spacial score (nSPS) is 15.9. The summed E-state index contributed by atoms with van der Waals surface area (Å²) in [7, 11) is 0. The van der Waals surface area contributed by atoms with Crippen molar-refractivity contribution < 1.29 is 0 Å². The summed E-state index contributed by atoms with van der Waals surface area (Å²) in [5, 5.41) is 3.84. The first-order chi connectivity index (χ1) is 3.39. The standard InChI is InChI=1S/C4H2ClN2/c5-4-6-2-1-3-7-4/h2-3H. The van der Waals surface area contributed by atoms with E-state index >= 15 is 0 Å². The van der Waals surface area contributed by atoms with Crippen molar-refractivity contribution >= 4 is 16.9 Å². The van der Waals surface area contributed by atoms with Crippen LogP contribution in [-0.4, -0.2) is 5.29 Å². The van der Waals surface area contributed by atoms with Crippen LogP contribution in [0, 0.1) is 0 Å². The highest BCUT2D eigenvalue weighted by molar-refractivity contribution is 6.64. The van der Waals surface area contributed by atoms with Crippen molar-refractivity contribution in [1.82, 2.24) is 5.32 Å². The summed E-state index contributed by atoms with van der Waals surface area (Å²) in [6.45, 7) is 0. The Labute approximate surface area is 46.2 Å². The van der Waals surface area contributed by atoms with Crippen molar-refractivity contribution in [3.05, 3.63) is 18.1 Å². The van der Waals surface area contributed by atoms with Crippen LogP contribution in [0.1, 0.15) is 0 Å². The SMILES string of the molecule is ClC1=NC=C=C[N]1. The molecule has 3 heteroatoms. The van der Waals surface area contributed by atoms with Crippen LogP contribution in [0.2, 0.25) is 0 Å². The summed E-state index contributed by atoms with van der Waals surface area (Å²) in [6, 6.07) is 0. The van der Waals surface area contributed by atoms with Gasteiger partial charge in [-0.15, -0.1) is 0 Å². The lowest BCUT2D eigenvalue weighted by molar-refractivity contribution is 1.24. The third-order valence-electron chi connectivity index (χ3n) is 0.491. The van der Waals surface area contributed by atoms with Gasteiger partial charge >= 0.3 is 0 Å². The average molecular weight is 114 g/mol. The molecule has 2 nitrogen and oxygen atoms in total. The van der Waals surface area contributed by atoms with Crippen molar-refractivity contribution in [3.8, 4) is 0 Å². The fraction of sp³-hybridized carbons (Fsp3) is 0. The van der Waals surface area contributed by atoms with E-state index in [1.807, 2.05) is 0 Å². The summed E-state index contributed by atoms with van der Waals surface area (Å²) in [4.78, 5) is 3.58.